The number of ether oxygens (including phenoxy) is 1. The van der Waals surface area contributed by atoms with Crippen LogP contribution in [-0.4, -0.2) is 31.9 Å². The first-order valence-electron chi connectivity index (χ1n) is 4.38. The number of terminal acetylenes is 1. The zero-order valence-electron chi connectivity index (χ0n) is 8.84. The van der Waals surface area contributed by atoms with E-state index in [2.05, 4.69) is 41.7 Å². The van der Waals surface area contributed by atoms with E-state index in [0.717, 1.165) is 6.54 Å². The van der Waals surface area contributed by atoms with Crippen LogP contribution in [0.4, 0.5) is 0 Å². The Morgan fingerprint density at radius 1 is 1.47 bits per heavy atom. The SMILES string of the molecule is C#CC#CC#COCNCN(C)CC=C. The van der Waals surface area contributed by atoms with E-state index in [1.807, 2.05) is 18.0 Å². The summed E-state index contributed by atoms with van der Waals surface area (Å²) in [5, 5.41) is 3.03. The molecule has 78 valence electrons. The molecule has 0 spiro atoms. The van der Waals surface area contributed by atoms with Gasteiger partial charge in [-0.1, -0.05) is 6.08 Å². The highest BCUT2D eigenvalue weighted by Gasteiger charge is 1.91. The van der Waals surface area contributed by atoms with E-state index in [0.29, 0.717) is 13.4 Å². The summed E-state index contributed by atoms with van der Waals surface area (Å²) >= 11 is 0. The summed E-state index contributed by atoms with van der Waals surface area (Å²) in [6.45, 7) is 5.52. The quantitative estimate of drug-likeness (QED) is 0.289. The molecule has 0 aliphatic rings. The highest BCUT2D eigenvalue weighted by atomic mass is 16.5. The Labute approximate surface area is 91.5 Å². The number of rotatable bonds is 6. The second-order valence-corrected chi connectivity index (χ2v) is 2.65. The molecule has 0 aromatic heterocycles. The predicted molar refractivity (Wildman–Crippen MR) is 61.2 cm³/mol. The van der Waals surface area contributed by atoms with Gasteiger partial charge in [0.05, 0.1) is 6.67 Å². The Morgan fingerprint density at radius 2 is 2.27 bits per heavy atom. The molecule has 1 N–H and O–H groups in total. The van der Waals surface area contributed by atoms with Gasteiger partial charge in [0.2, 0.25) is 0 Å². The van der Waals surface area contributed by atoms with E-state index in [-0.39, 0.29) is 0 Å². The van der Waals surface area contributed by atoms with E-state index in [4.69, 9.17) is 11.2 Å². The molecule has 0 rings (SSSR count). The molecule has 0 saturated carbocycles. The van der Waals surface area contributed by atoms with Gasteiger partial charge in [-0.2, -0.15) is 0 Å². The lowest BCUT2D eigenvalue weighted by atomic mass is 10.6. The molecule has 0 aliphatic carbocycles. The Balaban J connectivity index is 3.42. The lowest BCUT2D eigenvalue weighted by Crippen LogP contribution is -2.32. The monoisotopic (exact) mass is 202 g/mol. The number of hydrogen-bond donors (Lipinski definition) is 1. The van der Waals surface area contributed by atoms with Crippen LogP contribution in [0.15, 0.2) is 12.7 Å². The molecule has 3 nitrogen and oxygen atoms in total. The van der Waals surface area contributed by atoms with Gasteiger partial charge in [-0.3, -0.25) is 10.2 Å². The first-order valence-corrected chi connectivity index (χ1v) is 4.38. The summed E-state index contributed by atoms with van der Waals surface area (Å²) in [5.41, 5.74) is 0. The Hall–Kier alpha value is -1.86. The third-order valence-corrected chi connectivity index (χ3v) is 1.32. The smallest absolute Gasteiger partial charge is 0.152 e. The summed E-state index contributed by atoms with van der Waals surface area (Å²) < 4.78 is 4.91. The van der Waals surface area contributed by atoms with Crippen LogP contribution >= 0.6 is 0 Å². The van der Waals surface area contributed by atoms with Crippen LogP contribution in [-0.2, 0) is 4.74 Å². The van der Waals surface area contributed by atoms with Crippen molar-refractivity contribution in [1.29, 1.82) is 0 Å². The van der Waals surface area contributed by atoms with Gasteiger partial charge in [0.1, 0.15) is 6.11 Å². The molecular formula is C12H14N2O. The maximum absolute atomic E-state index is 4.91. The maximum Gasteiger partial charge on any atom is 0.152 e. The van der Waals surface area contributed by atoms with E-state index in [9.17, 15) is 0 Å². The molecule has 0 aromatic carbocycles. The second-order valence-electron chi connectivity index (χ2n) is 2.65. The summed E-state index contributed by atoms with van der Waals surface area (Å²) in [4.78, 5) is 2.04. The van der Waals surface area contributed by atoms with Crippen LogP contribution in [0.3, 0.4) is 0 Å². The van der Waals surface area contributed by atoms with Gasteiger partial charge in [-0.25, -0.2) is 0 Å². The second kappa shape index (κ2) is 10.2. The molecule has 0 saturated heterocycles. The average Bonchev–Trinajstić information content (AvgIpc) is 2.22. The van der Waals surface area contributed by atoms with Gasteiger partial charge in [0, 0.05) is 18.4 Å². The van der Waals surface area contributed by atoms with E-state index in [1.54, 1.807) is 0 Å². The van der Waals surface area contributed by atoms with Gasteiger partial charge in [-0.15, -0.1) is 13.0 Å². The molecule has 0 heterocycles. The van der Waals surface area contributed by atoms with Crippen molar-refractivity contribution >= 4 is 0 Å². The van der Waals surface area contributed by atoms with Crippen molar-refractivity contribution < 1.29 is 4.74 Å². The van der Waals surface area contributed by atoms with E-state index in [1.165, 1.54) is 0 Å². The fourth-order valence-corrected chi connectivity index (χ4v) is 0.737. The molecule has 0 aliphatic heterocycles. The molecule has 0 atom stereocenters. The number of likely N-dealkylation sites (N-methyl/N-ethyl adjacent to an activating group) is 1. The Bertz CT molecular complexity index is 333. The molecule has 0 aromatic rings. The molecule has 0 amide bonds. The topological polar surface area (TPSA) is 24.5 Å². The number of nitrogens with one attached hydrogen (secondary N) is 1. The van der Waals surface area contributed by atoms with Gasteiger partial charge < -0.3 is 4.74 Å². The van der Waals surface area contributed by atoms with Crippen molar-refractivity contribution in [2.75, 3.05) is 27.0 Å². The lowest BCUT2D eigenvalue weighted by Gasteiger charge is -2.13. The average molecular weight is 202 g/mol. The van der Waals surface area contributed by atoms with Gasteiger partial charge in [-0.05, 0) is 18.9 Å². The molecule has 3 heteroatoms. The number of nitrogens with zero attached hydrogens (tertiary/aromatic N) is 1. The van der Waals surface area contributed by atoms with Crippen LogP contribution in [0.2, 0.25) is 0 Å². The lowest BCUT2D eigenvalue weighted by molar-refractivity contribution is 0.213. The van der Waals surface area contributed by atoms with Crippen LogP contribution in [0.25, 0.3) is 0 Å². The van der Waals surface area contributed by atoms with Gasteiger partial charge >= 0.3 is 0 Å². The van der Waals surface area contributed by atoms with Crippen molar-refractivity contribution in [3.63, 3.8) is 0 Å². The van der Waals surface area contributed by atoms with Crippen molar-refractivity contribution in [3.8, 4) is 36.2 Å². The van der Waals surface area contributed by atoms with Gasteiger partial charge in [0.15, 0.2) is 6.73 Å². The summed E-state index contributed by atoms with van der Waals surface area (Å²) in [6, 6.07) is 0. The van der Waals surface area contributed by atoms with Crippen LogP contribution in [0, 0.1) is 36.2 Å². The minimum Gasteiger partial charge on any atom is -0.430 e. The minimum atomic E-state index is 0.353. The standard InChI is InChI=1S/C12H14N2O/c1-4-6-7-8-10-15-12-13-11-14(3)9-5-2/h1,5,13H,2,9,11-12H2,3H3. The summed E-state index contributed by atoms with van der Waals surface area (Å²) in [5.74, 6) is 9.39. The van der Waals surface area contributed by atoms with Gasteiger partial charge in [0.25, 0.3) is 0 Å². The van der Waals surface area contributed by atoms with Crippen molar-refractivity contribution in [1.82, 2.24) is 10.2 Å². The van der Waals surface area contributed by atoms with E-state index >= 15 is 0 Å². The highest BCUT2D eigenvalue weighted by molar-refractivity contribution is 5.32. The third-order valence-electron chi connectivity index (χ3n) is 1.32. The molecule has 15 heavy (non-hydrogen) atoms. The molecule has 0 unspecified atom stereocenters. The van der Waals surface area contributed by atoms with Crippen molar-refractivity contribution in [2.45, 2.75) is 0 Å². The van der Waals surface area contributed by atoms with Crippen molar-refractivity contribution in [2.24, 2.45) is 0 Å². The first-order chi connectivity index (χ1) is 7.31. The Kier molecular flexibility index (Phi) is 8.95. The van der Waals surface area contributed by atoms with Crippen LogP contribution < -0.4 is 5.32 Å². The summed E-state index contributed by atoms with van der Waals surface area (Å²) in [6.07, 6.45) is 9.13. The molecule has 0 radical (unpaired) electrons. The maximum atomic E-state index is 4.91. The van der Waals surface area contributed by atoms with Crippen molar-refractivity contribution in [3.05, 3.63) is 12.7 Å². The molecular weight excluding hydrogens is 188 g/mol. The zero-order chi connectivity index (χ0) is 11.4. The third kappa shape index (κ3) is 10.1. The minimum absolute atomic E-state index is 0.353. The largest absolute Gasteiger partial charge is 0.430 e. The number of hydrogen-bond acceptors (Lipinski definition) is 3. The fourth-order valence-electron chi connectivity index (χ4n) is 0.737. The molecule has 0 fully saturated rings. The van der Waals surface area contributed by atoms with Crippen LogP contribution in [0.1, 0.15) is 0 Å². The summed E-state index contributed by atoms with van der Waals surface area (Å²) in [7, 11) is 1.97. The highest BCUT2D eigenvalue weighted by Crippen LogP contribution is 1.77. The van der Waals surface area contributed by atoms with E-state index < -0.39 is 0 Å². The normalized spacial score (nSPS) is 7.80. The molecule has 0 bridgehead atoms. The zero-order valence-corrected chi connectivity index (χ0v) is 8.84. The predicted octanol–water partition coefficient (Wildman–Crippen LogP) is 0.223. The first kappa shape index (κ1) is 13.1. The fraction of sp³-hybridized carbons (Fsp3) is 0.333. The van der Waals surface area contributed by atoms with Crippen LogP contribution in [0.5, 0.6) is 0 Å². The Morgan fingerprint density at radius 3 is 2.93 bits per heavy atom.